The van der Waals surface area contributed by atoms with E-state index in [1.165, 1.54) is 0 Å². The van der Waals surface area contributed by atoms with Crippen LogP contribution in [0.5, 0.6) is 0 Å². The number of carbonyl (C=O) groups is 2. The van der Waals surface area contributed by atoms with Crippen LogP contribution in [0.25, 0.3) is 21.5 Å². The molecule has 0 aliphatic rings. The van der Waals surface area contributed by atoms with Gasteiger partial charge in [-0.3, -0.25) is 9.59 Å². The van der Waals surface area contributed by atoms with Crippen molar-refractivity contribution in [1.82, 2.24) is 10.9 Å². The second kappa shape index (κ2) is 9.22. The van der Waals surface area contributed by atoms with Crippen LogP contribution in [0.1, 0.15) is 25.0 Å². The molecule has 32 heavy (non-hydrogen) atoms. The van der Waals surface area contributed by atoms with Gasteiger partial charge >= 0.3 is 11.8 Å². The number of rotatable bonds is 4. The van der Waals surface area contributed by atoms with Gasteiger partial charge in [-0.15, -0.1) is 0 Å². The molecule has 2 amide bonds. The monoisotopic (exact) mass is 422 g/mol. The highest BCUT2D eigenvalue weighted by Crippen LogP contribution is 2.17. The van der Waals surface area contributed by atoms with Crippen LogP contribution < -0.4 is 10.9 Å². The molecule has 4 rings (SSSR count). The van der Waals surface area contributed by atoms with Gasteiger partial charge in [0, 0.05) is 0 Å². The summed E-state index contributed by atoms with van der Waals surface area (Å²) in [5.74, 6) is -1.78. The van der Waals surface area contributed by atoms with Gasteiger partial charge in [-0.2, -0.15) is 10.2 Å². The van der Waals surface area contributed by atoms with E-state index in [1.807, 2.05) is 84.9 Å². The second-order valence-corrected chi connectivity index (χ2v) is 7.40. The van der Waals surface area contributed by atoms with Crippen molar-refractivity contribution < 1.29 is 9.59 Å². The summed E-state index contributed by atoms with van der Waals surface area (Å²) in [4.78, 5) is 24.2. The van der Waals surface area contributed by atoms with E-state index < -0.39 is 11.8 Å². The molecule has 2 N–H and O–H groups in total. The summed E-state index contributed by atoms with van der Waals surface area (Å²) < 4.78 is 0. The molecule has 0 bridgehead atoms. The average molecular weight is 422 g/mol. The fourth-order valence-electron chi connectivity index (χ4n) is 3.33. The van der Waals surface area contributed by atoms with Crippen molar-refractivity contribution >= 4 is 44.8 Å². The number of fused-ring (bicyclic) bond motifs is 2. The number of hydrazone groups is 2. The van der Waals surface area contributed by atoms with E-state index >= 15 is 0 Å². The summed E-state index contributed by atoms with van der Waals surface area (Å²) in [6.07, 6.45) is 0. The van der Waals surface area contributed by atoms with Gasteiger partial charge in [0.2, 0.25) is 0 Å². The lowest BCUT2D eigenvalue weighted by Crippen LogP contribution is -2.36. The molecule has 4 aromatic rings. The minimum Gasteiger partial charge on any atom is -0.262 e. The summed E-state index contributed by atoms with van der Waals surface area (Å²) >= 11 is 0. The average Bonchev–Trinajstić information content (AvgIpc) is 2.84. The predicted molar refractivity (Wildman–Crippen MR) is 129 cm³/mol. The van der Waals surface area contributed by atoms with Gasteiger partial charge in [0.25, 0.3) is 0 Å². The molecule has 0 aliphatic carbocycles. The molecule has 0 saturated heterocycles. The van der Waals surface area contributed by atoms with Crippen molar-refractivity contribution in [2.24, 2.45) is 10.2 Å². The molecule has 0 spiro atoms. The Morgan fingerprint density at radius 3 is 1.34 bits per heavy atom. The molecule has 0 radical (unpaired) electrons. The van der Waals surface area contributed by atoms with Crippen molar-refractivity contribution in [3.05, 3.63) is 96.1 Å². The molecule has 158 valence electrons. The van der Waals surface area contributed by atoms with E-state index in [4.69, 9.17) is 0 Å². The smallest absolute Gasteiger partial charge is 0.262 e. The number of benzene rings is 4. The third-order valence-corrected chi connectivity index (χ3v) is 5.19. The maximum absolute atomic E-state index is 12.1. The van der Waals surface area contributed by atoms with Crippen molar-refractivity contribution in [3.63, 3.8) is 0 Å². The summed E-state index contributed by atoms with van der Waals surface area (Å²) in [6, 6.07) is 27.7. The summed E-state index contributed by atoms with van der Waals surface area (Å²) in [7, 11) is 0. The number of hydrogen-bond acceptors (Lipinski definition) is 4. The Morgan fingerprint density at radius 2 is 0.938 bits per heavy atom. The van der Waals surface area contributed by atoms with Crippen molar-refractivity contribution in [1.29, 1.82) is 0 Å². The molecule has 0 atom stereocenters. The first kappa shape index (κ1) is 20.9. The molecule has 0 fully saturated rings. The maximum atomic E-state index is 12.1. The van der Waals surface area contributed by atoms with E-state index in [-0.39, 0.29) is 0 Å². The van der Waals surface area contributed by atoms with Crippen LogP contribution in [0.4, 0.5) is 0 Å². The Kier molecular flexibility index (Phi) is 6.03. The molecule has 0 aromatic heterocycles. The molecule has 0 saturated carbocycles. The highest BCUT2D eigenvalue weighted by Gasteiger charge is 2.13. The highest BCUT2D eigenvalue weighted by atomic mass is 16.2. The van der Waals surface area contributed by atoms with Crippen molar-refractivity contribution in [2.45, 2.75) is 13.8 Å². The Morgan fingerprint density at radius 1 is 0.562 bits per heavy atom. The quantitative estimate of drug-likeness (QED) is 0.291. The van der Waals surface area contributed by atoms with E-state index in [0.29, 0.717) is 11.4 Å². The Bertz CT molecular complexity index is 1280. The minimum absolute atomic E-state index is 0.591. The van der Waals surface area contributed by atoms with Crippen LogP contribution in [0.3, 0.4) is 0 Å². The summed E-state index contributed by atoms with van der Waals surface area (Å²) in [5, 5.41) is 12.5. The molecule has 6 heteroatoms. The molecule has 6 nitrogen and oxygen atoms in total. The van der Waals surface area contributed by atoms with Crippen LogP contribution in [-0.2, 0) is 9.59 Å². The number of amides is 2. The molecular weight excluding hydrogens is 400 g/mol. The second-order valence-electron chi connectivity index (χ2n) is 7.40. The fourth-order valence-corrected chi connectivity index (χ4v) is 3.33. The molecule has 4 aromatic carbocycles. The summed E-state index contributed by atoms with van der Waals surface area (Å²) in [5.41, 5.74) is 7.46. The standard InChI is InChI=1S/C26H22N4O2/c1-17(21-13-11-19-7-3-5-9-23(19)15-21)27-29-25(31)26(32)30-28-18(2)22-14-12-20-8-4-6-10-24(20)16-22/h3-16H,1-2H3,(H,29,31)(H,30,32)/b27-17+,28-18+. The Hall–Kier alpha value is -4.32. The first-order chi connectivity index (χ1) is 15.5. The highest BCUT2D eigenvalue weighted by molar-refractivity contribution is 6.35. The van der Waals surface area contributed by atoms with Crippen molar-refractivity contribution in [3.8, 4) is 0 Å². The Balaban J connectivity index is 1.39. The zero-order valence-electron chi connectivity index (χ0n) is 17.8. The summed E-state index contributed by atoms with van der Waals surface area (Å²) in [6.45, 7) is 3.54. The van der Waals surface area contributed by atoms with E-state index in [9.17, 15) is 9.59 Å². The first-order valence-corrected chi connectivity index (χ1v) is 10.2. The lowest BCUT2D eigenvalue weighted by Gasteiger charge is -2.05. The molecule has 0 heterocycles. The lowest BCUT2D eigenvalue weighted by molar-refractivity contribution is -0.139. The normalized spacial score (nSPS) is 12.1. The third-order valence-electron chi connectivity index (χ3n) is 5.19. The van der Waals surface area contributed by atoms with Crippen LogP contribution in [-0.4, -0.2) is 23.2 Å². The van der Waals surface area contributed by atoms with E-state index in [0.717, 1.165) is 32.7 Å². The molecule has 0 aliphatic heterocycles. The predicted octanol–water partition coefficient (Wildman–Crippen LogP) is 4.37. The maximum Gasteiger partial charge on any atom is 0.331 e. The van der Waals surface area contributed by atoms with Gasteiger partial charge in [0.05, 0.1) is 11.4 Å². The van der Waals surface area contributed by atoms with Crippen LogP contribution in [0.15, 0.2) is 95.1 Å². The number of nitrogens with zero attached hydrogens (tertiary/aromatic N) is 2. The fraction of sp³-hybridized carbons (Fsp3) is 0.0769. The van der Waals surface area contributed by atoms with Crippen LogP contribution in [0, 0.1) is 0 Å². The van der Waals surface area contributed by atoms with E-state index in [1.54, 1.807) is 13.8 Å². The van der Waals surface area contributed by atoms with E-state index in [2.05, 4.69) is 21.1 Å². The first-order valence-electron chi connectivity index (χ1n) is 10.2. The minimum atomic E-state index is -0.889. The molecule has 0 unspecified atom stereocenters. The van der Waals surface area contributed by atoms with Crippen molar-refractivity contribution in [2.75, 3.05) is 0 Å². The van der Waals surface area contributed by atoms with Gasteiger partial charge in [-0.05, 0) is 58.7 Å². The largest absolute Gasteiger partial charge is 0.331 e. The zero-order chi connectivity index (χ0) is 22.5. The topological polar surface area (TPSA) is 82.9 Å². The van der Waals surface area contributed by atoms with Gasteiger partial charge in [0.1, 0.15) is 0 Å². The zero-order valence-corrected chi connectivity index (χ0v) is 17.8. The number of nitrogens with one attached hydrogen (secondary N) is 2. The Labute approximate surface area is 185 Å². The SMILES string of the molecule is C/C(=N\NC(=O)C(=O)N/N=C(\C)c1ccc2ccccc2c1)c1ccc2ccccc2c1. The van der Waals surface area contributed by atoms with Crippen LogP contribution in [0.2, 0.25) is 0 Å². The van der Waals surface area contributed by atoms with Gasteiger partial charge in [-0.1, -0.05) is 72.8 Å². The lowest BCUT2D eigenvalue weighted by atomic mass is 10.0. The van der Waals surface area contributed by atoms with Gasteiger partial charge < -0.3 is 0 Å². The number of carbonyl (C=O) groups excluding carboxylic acids is 2. The van der Waals surface area contributed by atoms with Gasteiger partial charge in [0.15, 0.2) is 0 Å². The third kappa shape index (κ3) is 4.70. The molecular formula is C26H22N4O2. The van der Waals surface area contributed by atoms with Crippen LogP contribution >= 0.6 is 0 Å². The number of hydrogen-bond donors (Lipinski definition) is 2. The van der Waals surface area contributed by atoms with Gasteiger partial charge in [-0.25, -0.2) is 10.9 Å².